The van der Waals surface area contributed by atoms with Gasteiger partial charge in [-0.2, -0.15) is 0 Å². The molecule has 0 radical (unpaired) electrons. The number of carbonyl (C=O) groups excluding carboxylic acids is 1. The van der Waals surface area contributed by atoms with Crippen LogP contribution in [0.4, 0.5) is 11.4 Å². The Morgan fingerprint density at radius 2 is 1.16 bits per heavy atom. The smallest absolute Gasteiger partial charge is 0.336 e. The van der Waals surface area contributed by atoms with Gasteiger partial charge < -0.3 is 18.6 Å². The van der Waals surface area contributed by atoms with Crippen molar-refractivity contribution < 1.29 is 13.6 Å². The first-order valence-corrected chi connectivity index (χ1v) is 13.8. The highest BCUT2D eigenvalue weighted by Crippen LogP contribution is 2.45. The molecule has 0 fully saturated rings. The molecule has 4 aromatic rings. The molecule has 8 rings (SSSR count). The molecule has 38 heavy (non-hydrogen) atoms. The van der Waals surface area contributed by atoms with E-state index in [9.17, 15) is 14.4 Å². The number of hydrogen-bond acceptors (Lipinski definition) is 7. The summed E-state index contributed by atoms with van der Waals surface area (Å²) in [7, 11) is 0. The lowest BCUT2D eigenvalue weighted by atomic mass is 9.81. The maximum Gasteiger partial charge on any atom is 0.336 e. The van der Waals surface area contributed by atoms with Crippen LogP contribution in [0.1, 0.15) is 47.9 Å². The van der Waals surface area contributed by atoms with Crippen LogP contribution >= 0.6 is 0 Å². The molecule has 192 valence electrons. The second-order valence-electron chi connectivity index (χ2n) is 11.2. The van der Waals surface area contributed by atoms with E-state index in [-0.39, 0.29) is 29.1 Å². The summed E-state index contributed by atoms with van der Waals surface area (Å²) < 4.78 is 11.4. The largest absolute Gasteiger partial charge is 0.422 e. The Morgan fingerprint density at radius 3 is 1.63 bits per heavy atom. The first kappa shape index (κ1) is 22.1. The normalized spacial score (nSPS) is 21.9. The van der Waals surface area contributed by atoms with E-state index < -0.39 is 0 Å². The van der Waals surface area contributed by atoms with Crippen LogP contribution in [0.15, 0.2) is 54.8 Å². The SMILES string of the molecule is O=C(C1CCc2c3c(cc4ccc(=O)oc24)CCCN31)C1CCc2c3c(cc4ccc(=O)oc24)CCCN31. The summed E-state index contributed by atoms with van der Waals surface area (Å²) in [5.41, 5.74) is 7.58. The van der Waals surface area contributed by atoms with Crippen LogP contribution in [0, 0.1) is 0 Å². The van der Waals surface area contributed by atoms with E-state index in [1.807, 2.05) is 12.1 Å². The minimum absolute atomic E-state index is 0.190. The van der Waals surface area contributed by atoms with Gasteiger partial charge in [-0.25, -0.2) is 9.59 Å². The molecule has 2 aromatic heterocycles. The van der Waals surface area contributed by atoms with Crippen molar-refractivity contribution in [3.63, 3.8) is 0 Å². The molecule has 4 aliphatic rings. The molecule has 0 saturated heterocycles. The second kappa shape index (κ2) is 8.06. The average molecular weight is 509 g/mol. The van der Waals surface area contributed by atoms with Crippen molar-refractivity contribution in [2.45, 2.75) is 63.5 Å². The van der Waals surface area contributed by atoms with E-state index in [1.54, 1.807) is 0 Å². The van der Waals surface area contributed by atoms with Crippen molar-refractivity contribution in [3.8, 4) is 0 Å². The van der Waals surface area contributed by atoms with Crippen LogP contribution in [0.2, 0.25) is 0 Å². The third-order valence-electron chi connectivity index (χ3n) is 9.12. The zero-order valence-corrected chi connectivity index (χ0v) is 21.1. The molecule has 6 heterocycles. The summed E-state index contributed by atoms with van der Waals surface area (Å²) >= 11 is 0. The van der Waals surface area contributed by atoms with Crippen molar-refractivity contribution in [1.82, 2.24) is 0 Å². The van der Waals surface area contributed by atoms with Crippen LogP contribution in [-0.4, -0.2) is 31.0 Å². The van der Waals surface area contributed by atoms with Crippen LogP contribution in [0.5, 0.6) is 0 Å². The zero-order valence-electron chi connectivity index (χ0n) is 21.1. The fourth-order valence-corrected chi connectivity index (χ4v) is 7.64. The van der Waals surface area contributed by atoms with Gasteiger partial charge in [-0.15, -0.1) is 0 Å². The van der Waals surface area contributed by atoms with Gasteiger partial charge in [0.05, 0.1) is 12.1 Å². The highest BCUT2D eigenvalue weighted by atomic mass is 16.4. The zero-order chi connectivity index (χ0) is 25.5. The number of nitrogens with zero attached hydrogens (tertiary/aromatic N) is 2. The molecule has 2 aromatic carbocycles. The molecule has 7 heteroatoms. The van der Waals surface area contributed by atoms with Gasteiger partial charge in [-0.3, -0.25) is 4.79 Å². The molecular weight excluding hydrogens is 480 g/mol. The molecule has 0 amide bonds. The summed E-state index contributed by atoms with van der Waals surface area (Å²) in [4.78, 5) is 43.1. The van der Waals surface area contributed by atoms with E-state index >= 15 is 0 Å². The van der Waals surface area contributed by atoms with E-state index in [0.29, 0.717) is 11.2 Å². The van der Waals surface area contributed by atoms with E-state index in [1.165, 1.54) is 23.3 Å². The second-order valence-corrected chi connectivity index (χ2v) is 11.2. The Hall–Kier alpha value is -3.87. The van der Waals surface area contributed by atoms with Crippen molar-refractivity contribution >= 4 is 39.1 Å². The Morgan fingerprint density at radius 1 is 0.684 bits per heavy atom. The Labute approximate surface area is 218 Å². The van der Waals surface area contributed by atoms with Gasteiger partial charge in [0.25, 0.3) is 0 Å². The van der Waals surface area contributed by atoms with Crippen molar-refractivity contribution in [2.75, 3.05) is 22.9 Å². The van der Waals surface area contributed by atoms with Gasteiger partial charge in [0.2, 0.25) is 0 Å². The number of hydrogen-bond donors (Lipinski definition) is 0. The van der Waals surface area contributed by atoms with Crippen molar-refractivity contribution in [3.05, 3.63) is 79.5 Å². The van der Waals surface area contributed by atoms with Crippen molar-refractivity contribution in [1.29, 1.82) is 0 Å². The van der Waals surface area contributed by atoms with Gasteiger partial charge in [-0.1, -0.05) is 0 Å². The number of aryl methyl sites for hydroxylation is 4. The maximum absolute atomic E-state index is 14.4. The summed E-state index contributed by atoms with van der Waals surface area (Å²) in [6.45, 7) is 1.67. The minimum Gasteiger partial charge on any atom is -0.422 e. The standard InChI is InChI=1S/C31H28N2O5/c34-25-11-5-19-15-17-3-1-13-32-23(9-7-21(27(17)32)30(19)37-25)29(36)24-10-8-22-28-18(4-2-14-33(24)28)16-20-6-12-26(35)38-31(20)22/h5-6,11-12,15-16,23-24H,1-4,7-10,13-14H2. The highest BCUT2D eigenvalue weighted by molar-refractivity contribution is 5.99. The number of carbonyl (C=O) groups is 1. The molecule has 0 N–H and O–H groups in total. The summed E-state index contributed by atoms with van der Waals surface area (Å²) in [5, 5.41) is 1.93. The Kier molecular flexibility index (Phi) is 4.70. The van der Waals surface area contributed by atoms with Crippen molar-refractivity contribution in [2.24, 2.45) is 0 Å². The van der Waals surface area contributed by atoms with E-state index in [4.69, 9.17) is 8.83 Å². The van der Waals surface area contributed by atoms with E-state index in [0.717, 1.165) is 97.7 Å². The third-order valence-corrected chi connectivity index (χ3v) is 9.12. The number of rotatable bonds is 2. The van der Waals surface area contributed by atoms with Gasteiger partial charge in [0, 0.05) is 58.5 Å². The van der Waals surface area contributed by atoms with Gasteiger partial charge in [-0.05, 0) is 86.8 Å². The van der Waals surface area contributed by atoms with Gasteiger partial charge in [0.1, 0.15) is 11.2 Å². The average Bonchev–Trinajstić information content (AvgIpc) is 2.94. The lowest BCUT2D eigenvalue weighted by Crippen LogP contribution is -2.56. The molecule has 0 aliphatic carbocycles. The predicted octanol–water partition coefficient (Wildman–Crippen LogP) is 4.30. The molecule has 0 spiro atoms. The summed E-state index contributed by atoms with van der Waals surface area (Å²) in [5.74, 6) is 0.284. The fraction of sp³-hybridized carbons (Fsp3) is 0.387. The van der Waals surface area contributed by atoms with Gasteiger partial charge >= 0.3 is 11.3 Å². The highest BCUT2D eigenvalue weighted by Gasteiger charge is 2.43. The molecule has 0 saturated carbocycles. The summed E-state index contributed by atoms with van der Waals surface area (Å²) in [6, 6.07) is 10.6. The lowest BCUT2D eigenvalue weighted by Gasteiger charge is -2.47. The molecule has 2 unspecified atom stereocenters. The maximum atomic E-state index is 14.4. The first-order valence-electron chi connectivity index (χ1n) is 13.8. The van der Waals surface area contributed by atoms with Crippen LogP contribution < -0.4 is 21.1 Å². The molecule has 7 nitrogen and oxygen atoms in total. The third kappa shape index (κ3) is 3.11. The quantitative estimate of drug-likeness (QED) is 0.373. The van der Waals surface area contributed by atoms with Gasteiger partial charge in [0.15, 0.2) is 5.78 Å². The Balaban J connectivity index is 1.20. The number of fused-ring (bicyclic) bond motifs is 4. The lowest BCUT2D eigenvalue weighted by molar-refractivity contribution is -0.122. The number of benzene rings is 2. The molecular formula is C31H28N2O5. The molecule has 0 bridgehead atoms. The van der Waals surface area contributed by atoms with Crippen LogP contribution in [-0.2, 0) is 30.5 Å². The predicted molar refractivity (Wildman–Crippen MR) is 146 cm³/mol. The van der Waals surface area contributed by atoms with E-state index in [2.05, 4.69) is 21.9 Å². The molecule has 2 atom stereocenters. The monoisotopic (exact) mass is 508 g/mol. The number of Topliss-reactive ketones (excluding diaryl/α,β-unsaturated/α-hetero) is 1. The van der Waals surface area contributed by atoms with Crippen LogP contribution in [0.3, 0.4) is 0 Å². The van der Waals surface area contributed by atoms with Crippen LogP contribution in [0.25, 0.3) is 21.9 Å². The molecule has 4 aliphatic heterocycles. The first-order chi connectivity index (χ1) is 18.6. The Bertz CT molecular complexity index is 1650. The number of anilines is 2. The topological polar surface area (TPSA) is 84.0 Å². The minimum atomic E-state index is -0.334. The summed E-state index contributed by atoms with van der Waals surface area (Å²) in [6.07, 6.45) is 6.85. The fourth-order valence-electron chi connectivity index (χ4n) is 7.64. The number of ketones is 1.